The van der Waals surface area contributed by atoms with E-state index in [1.54, 1.807) is 18.2 Å². The second-order valence-electron chi connectivity index (χ2n) is 3.37. The third-order valence-electron chi connectivity index (χ3n) is 2.12. The van der Waals surface area contributed by atoms with Gasteiger partial charge in [-0.25, -0.2) is 4.39 Å². The lowest BCUT2D eigenvalue weighted by Gasteiger charge is -2.07. The maximum Gasteiger partial charge on any atom is 0.303 e. The fourth-order valence-corrected chi connectivity index (χ4v) is 2.04. The quantitative estimate of drug-likeness (QED) is 0.913. The van der Waals surface area contributed by atoms with E-state index in [9.17, 15) is 9.18 Å². The zero-order chi connectivity index (χ0) is 11.4. The number of hydrogen-bond acceptors (Lipinski definition) is 1. The average molecular weight is 275 g/mol. The number of benzene rings is 1. The van der Waals surface area contributed by atoms with E-state index >= 15 is 0 Å². The SMILES string of the molecule is CC(F)c1ccc(CCC(=O)O)cc1Br. The number of aliphatic carboxylic acids is 1. The van der Waals surface area contributed by atoms with Crippen molar-refractivity contribution in [1.82, 2.24) is 0 Å². The number of carboxylic acid groups (broad SMARTS) is 1. The first-order valence-electron chi connectivity index (χ1n) is 4.65. The molecule has 0 aliphatic carbocycles. The van der Waals surface area contributed by atoms with E-state index in [1.807, 2.05) is 0 Å². The van der Waals surface area contributed by atoms with Gasteiger partial charge in [-0.15, -0.1) is 0 Å². The summed E-state index contributed by atoms with van der Waals surface area (Å²) >= 11 is 3.27. The van der Waals surface area contributed by atoms with Crippen molar-refractivity contribution in [2.75, 3.05) is 0 Å². The molecule has 0 aliphatic rings. The van der Waals surface area contributed by atoms with E-state index in [2.05, 4.69) is 15.9 Å². The molecule has 1 unspecified atom stereocenters. The second-order valence-corrected chi connectivity index (χ2v) is 4.22. The number of carbonyl (C=O) groups is 1. The maximum absolute atomic E-state index is 13.0. The third-order valence-corrected chi connectivity index (χ3v) is 2.81. The Morgan fingerprint density at radius 3 is 2.73 bits per heavy atom. The highest BCUT2D eigenvalue weighted by Crippen LogP contribution is 2.27. The Hall–Kier alpha value is -0.900. The first-order chi connectivity index (χ1) is 7.00. The summed E-state index contributed by atoms with van der Waals surface area (Å²) in [7, 11) is 0. The third kappa shape index (κ3) is 3.63. The molecule has 0 amide bonds. The summed E-state index contributed by atoms with van der Waals surface area (Å²) in [5.41, 5.74) is 1.49. The van der Waals surface area contributed by atoms with Crippen LogP contribution in [-0.4, -0.2) is 11.1 Å². The van der Waals surface area contributed by atoms with Gasteiger partial charge in [0.2, 0.25) is 0 Å². The number of hydrogen-bond donors (Lipinski definition) is 1. The Bertz CT molecular complexity index is 364. The number of aryl methyl sites for hydroxylation is 1. The molecule has 0 fully saturated rings. The lowest BCUT2D eigenvalue weighted by molar-refractivity contribution is -0.136. The van der Waals surface area contributed by atoms with Crippen LogP contribution >= 0.6 is 15.9 Å². The Kier molecular flexibility index (Phi) is 4.27. The van der Waals surface area contributed by atoms with Crippen LogP contribution in [0.5, 0.6) is 0 Å². The minimum atomic E-state index is -1.02. The van der Waals surface area contributed by atoms with Gasteiger partial charge in [0, 0.05) is 10.9 Å². The van der Waals surface area contributed by atoms with Gasteiger partial charge in [0.15, 0.2) is 0 Å². The van der Waals surface area contributed by atoms with Gasteiger partial charge in [0.05, 0.1) is 0 Å². The molecule has 1 aromatic rings. The molecule has 1 rings (SSSR count). The van der Waals surface area contributed by atoms with E-state index in [-0.39, 0.29) is 6.42 Å². The minimum Gasteiger partial charge on any atom is -0.481 e. The predicted octanol–water partition coefficient (Wildman–Crippen LogP) is 3.50. The van der Waals surface area contributed by atoms with Crippen LogP contribution in [0.2, 0.25) is 0 Å². The van der Waals surface area contributed by atoms with Gasteiger partial charge in [-0.05, 0) is 30.5 Å². The van der Waals surface area contributed by atoms with Crippen LogP contribution in [-0.2, 0) is 11.2 Å². The van der Waals surface area contributed by atoms with Crippen LogP contribution in [0.3, 0.4) is 0 Å². The topological polar surface area (TPSA) is 37.3 Å². The van der Waals surface area contributed by atoms with E-state index < -0.39 is 12.1 Å². The molecule has 1 aromatic carbocycles. The van der Waals surface area contributed by atoms with Crippen molar-refractivity contribution in [3.8, 4) is 0 Å². The van der Waals surface area contributed by atoms with Crippen LogP contribution < -0.4 is 0 Å². The largest absolute Gasteiger partial charge is 0.481 e. The molecule has 4 heteroatoms. The molecule has 1 atom stereocenters. The summed E-state index contributed by atoms with van der Waals surface area (Å²) in [6, 6.07) is 5.22. The average Bonchev–Trinajstić information content (AvgIpc) is 2.14. The summed E-state index contributed by atoms with van der Waals surface area (Å²) < 4.78 is 13.7. The van der Waals surface area contributed by atoms with E-state index in [0.29, 0.717) is 16.5 Å². The normalized spacial score (nSPS) is 12.5. The Balaban J connectivity index is 2.77. The molecule has 0 spiro atoms. The maximum atomic E-state index is 13.0. The smallest absolute Gasteiger partial charge is 0.303 e. The van der Waals surface area contributed by atoms with Gasteiger partial charge in [0.25, 0.3) is 0 Å². The van der Waals surface area contributed by atoms with Gasteiger partial charge in [-0.1, -0.05) is 28.1 Å². The highest BCUT2D eigenvalue weighted by atomic mass is 79.9. The number of carboxylic acids is 1. The number of rotatable bonds is 4. The van der Waals surface area contributed by atoms with Crippen molar-refractivity contribution in [3.63, 3.8) is 0 Å². The standard InChI is InChI=1S/C11H12BrFO2/c1-7(13)9-4-2-8(6-10(9)12)3-5-11(14)15/h2,4,6-7H,3,5H2,1H3,(H,14,15). The fourth-order valence-electron chi connectivity index (χ4n) is 1.30. The number of alkyl halides is 1. The Morgan fingerprint density at radius 1 is 1.60 bits per heavy atom. The van der Waals surface area contributed by atoms with Gasteiger partial charge >= 0.3 is 5.97 Å². The minimum absolute atomic E-state index is 0.0942. The van der Waals surface area contributed by atoms with Gasteiger partial charge < -0.3 is 5.11 Å². The van der Waals surface area contributed by atoms with Crippen molar-refractivity contribution in [1.29, 1.82) is 0 Å². The monoisotopic (exact) mass is 274 g/mol. The molecule has 0 aromatic heterocycles. The van der Waals surface area contributed by atoms with Gasteiger partial charge in [-0.3, -0.25) is 4.79 Å². The van der Waals surface area contributed by atoms with Crippen LogP contribution in [0.25, 0.3) is 0 Å². The van der Waals surface area contributed by atoms with Crippen LogP contribution in [0.15, 0.2) is 22.7 Å². The Morgan fingerprint density at radius 2 is 2.27 bits per heavy atom. The molecule has 15 heavy (non-hydrogen) atoms. The van der Waals surface area contributed by atoms with Crippen LogP contribution in [0.1, 0.15) is 30.6 Å². The molecule has 0 saturated heterocycles. The molecule has 0 bridgehead atoms. The predicted molar refractivity (Wildman–Crippen MR) is 59.6 cm³/mol. The second kappa shape index (κ2) is 5.26. The molecular weight excluding hydrogens is 263 g/mol. The molecule has 82 valence electrons. The molecule has 0 saturated carbocycles. The van der Waals surface area contributed by atoms with Crippen molar-refractivity contribution >= 4 is 21.9 Å². The van der Waals surface area contributed by atoms with Crippen molar-refractivity contribution in [3.05, 3.63) is 33.8 Å². The summed E-state index contributed by atoms with van der Waals surface area (Å²) in [6.07, 6.45) is -0.459. The summed E-state index contributed by atoms with van der Waals surface area (Å²) in [6.45, 7) is 1.47. The van der Waals surface area contributed by atoms with E-state index in [0.717, 1.165) is 5.56 Å². The lowest BCUT2D eigenvalue weighted by Crippen LogP contribution is -1.98. The summed E-state index contributed by atoms with van der Waals surface area (Å²) in [4.78, 5) is 10.4. The van der Waals surface area contributed by atoms with E-state index in [4.69, 9.17) is 5.11 Å². The van der Waals surface area contributed by atoms with Crippen molar-refractivity contribution < 1.29 is 14.3 Å². The number of halogens is 2. The van der Waals surface area contributed by atoms with Crippen molar-refractivity contribution in [2.45, 2.75) is 25.9 Å². The molecular formula is C11H12BrFO2. The van der Waals surface area contributed by atoms with Gasteiger partial charge in [0.1, 0.15) is 6.17 Å². The zero-order valence-corrected chi connectivity index (χ0v) is 9.92. The van der Waals surface area contributed by atoms with Crippen LogP contribution in [0, 0.1) is 0 Å². The molecule has 0 heterocycles. The van der Waals surface area contributed by atoms with E-state index in [1.165, 1.54) is 6.92 Å². The zero-order valence-electron chi connectivity index (χ0n) is 8.34. The molecule has 0 radical (unpaired) electrons. The van der Waals surface area contributed by atoms with Crippen molar-refractivity contribution in [2.24, 2.45) is 0 Å². The molecule has 0 aliphatic heterocycles. The summed E-state index contributed by atoms with van der Waals surface area (Å²) in [5, 5.41) is 8.52. The lowest BCUT2D eigenvalue weighted by atomic mass is 10.1. The van der Waals surface area contributed by atoms with Gasteiger partial charge in [-0.2, -0.15) is 0 Å². The van der Waals surface area contributed by atoms with Crippen LogP contribution in [0.4, 0.5) is 4.39 Å². The fraction of sp³-hybridized carbons (Fsp3) is 0.364. The highest BCUT2D eigenvalue weighted by Gasteiger charge is 2.08. The molecule has 1 N–H and O–H groups in total. The Labute approximate surface area is 96.2 Å². The highest BCUT2D eigenvalue weighted by molar-refractivity contribution is 9.10. The first-order valence-corrected chi connectivity index (χ1v) is 5.44. The first kappa shape index (κ1) is 12.2. The molecule has 2 nitrogen and oxygen atoms in total. The summed E-state index contributed by atoms with van der Waals surface area (Å²) in [5.74, 6) is -0.825.